The number of nitrogens with zero attached hydrogens (tertiary/aromatic N) is 1. The Morgan fingerprint density at radius 2 is 2.11 bits per heavy atom. The van der Waals surface area contributed by atoms with Crippen LogP contribution in [0.15, 0.2) is 24.3 Å². The predicted octanol–water partition coefficient (Wildman–Crippen LogP) is 1.80. The Labute approximate surface area is 137 Å². The molecule has 3 nitrogen and oxygen atoms in total. The molecule has 2 bridgehead atoms. The van der Waals surface area contributed by atoms with E-state index in [-0.39, 0.29) is 49.1 Å². The van der Waals surface area contributed by atoms with E-state index in [1.807, 2.05) is 4.90 Å². The molecular formula is C15H17N2OU-. The Kier molecular flexibility index (Phi) is 3.77. The summed E-state index contributed by atoms with van der Waals surface area (Å²) in [6.45, 7) is 2.10. The van der Waals surface area contributed by atoms with Gasteiger partial charge < -0.3 is 10.2 Å². The summed E-state index contributed by atoms with van der Waals surface area (Å²) in [6, 6.07) is 9.25. The molecule has 2 fully saturated rings. The van der Waals surface area contributed by atoms with E-state index in [1.165, 1.54) is 24.0 Å². The van der Waals surface area contributed by atoms with Crippen LogP contribution in [0.1, 0.15) is 36.4 Å². The molecule has 1 aromatic carbocycles. The Hall–Kier alpha value is -0.298. The molecule has 0 aromatic heterocycles. The Morgan fingerprint density at radius 3 is 3.00 bits per heavy atom. The summed E-state index contributed by atoms with van der Waals surface area (Å²) in [5.74, 6) is 0.269. The molecule has 1 amide bonds. The van der Waals surface area contributed by atoms with Crippen LogP contribution in [-0.2, 0) is 11.2 Å². The number of amides is 1. The minimum absolute atomic E-state index is 0. The second-order valence-electron chi connectivity index (χ2n) is 5.53. The molecular weight excluding hydrogens is 462 g/mol. The first-order chi connectivity index (χ1) is 8.84. The quantitative estimate of drug-likeness (QED) is 0.576. The van der Waals surface area contributed by atoms with E-state index in [1.54, 1.807) is 0 Å². The van der Waals surface area contributed by atoms with Gasteiger partial charge in [0.05, 0.1) is 6.04 Å². The molecule has 0 radical (unpaired) electrons. The van der Waals surface area contributed by atoms with E-state index in [2.05, 4.69) is 36.1 Å². The summed E-state index contributed by atoms with van der Waals surface area (Å²) in [5, 5.41) is 3.53. The molecule has 1 N–H and O–H groups in total. The first-order valence-corrected chi connectivity index (χ1v) is 6.84. The number of hydrogen-bond donors (Lipinski definition) is 1. The smallest absolute Gasteiger partial charge is 0.211 e. The Balaban J connectivity index is 0.00000110. The largest absolute Gasteiger partial charge is 0.484 e. The van der Waals surface area contributed by atoms with Gasteiger partial charge >= 0.3 is 0 Å². The van der Waals surface area contributed by atoms with E-state index in [0.29, 0.717) is 6.04 Å². The van der Waals surface area contributed by atoms with Crippen LogP contribution in [0.5, 0.6) is 0 Å². The van der Waals surface area contributed by atoms with Crippen molar-refractivity contribution in [2.24, 2.45) is 0 Å². The van der Waals surface area contributed by atoms with Gasteiger partial charge in [-0.25, -0.2) is 6.54 Å². The molecule has 3 atom stereocenters. The molecule has 0 saturated carbocycles. The summed E-state index contributed by atoms with van der Waals surface area (Å²) in [6.07, 6.45) is 4.22. The Morgan fingerprint density at radius 1 is 1.26 bits per heavy atom. The van der Waals surface area contributed by atoms with Crippen LogP contribution in [0.3, 0.4) is 0 Å². The maximum absolute atomic E-state index is 12.4. The summed E-state index contributed by atoms with van der Waals surface area (Å²) in [7, 11) is 0. The van der Waals surface area contributed by atoms with E-state index < -0.39 is 0 Å². The normalized spacial score (nSPS) is 32.1. The standard InChI is InChI=1S/C15H17N2O.U/c18-15-13-7-3-6-12(16-13)14-11-5-2-1-4-10(11)8-9-17(14)15;/h1-2,4-5,9,12-14,16H,3,6-8H2;/q-1;/t12?,13-,14+;/m0./s1. The first kappa shape index (κ1) is 13.7. The van der Waals surface area contributed by atoms with Gasteiger partial charge in [0.1, 0.15) is 0 Å². The number of benzene rings is 1. The molecule has 1 unspecified atom stereocenters. The summed E-state index contributed by atoms with van der Waals surface area (Å²) in [4.78, 5) is 14.4. The van der Waals surface area contributed by atoms with Gasteiger partial charge in [0, 0.05) is 43.2 Å². The third kappa shape index (κ3) is 2.09. The van der Waals surface area contributed by atoms with E-state index in [4.69, 9.17) is 0 Å². The van der Waals surface area contributed by atoms with Gasteiger partial charge in [0.25, 0.3) is 0 Å². The zero-order valence-corrected chi connectivity index (χ0v) is 15.0. The van der Waals surface area contributed by atoms with Gasteiger partial charge in [-0.3, -0.25) is 4.79 Å². The predicted molar refractivity (Wildman–Crippen MR) is 68.6 cm³/mol. The average Bonchev–Trinajstić information content (AvgIpc) is 2.44. The zero-order chi connectivity index (χ0) is 12.1. The first-order valence-electron chi connectivity index (χ1n) is 6.84. The minimum atomic E-state index is 0. The number of rotatable bonds is 0. The van der Waals surface area contributed by atoms with Crippen molar-refractivity contribution < 1.29 is 35.9 Å². The monoisotopic (exact) mass is 479 g/mol. The molecule has 98 valence electrons. The summed E-state index contributed by atoms with van der Waals surface area (Å²) in [5.41, 5.74) is 2.71. The summed E-state index contributed by atoms with van der Waals surface area (Å²) < 4.78 is 0. The molecule has 4 heteroatoms. The molecule has 19 heavy (non-hydrogen) atoms. The van der Waals surface area contributed by atoms with Gasteiger partial charge in [-0.1, -0.05) is 29.8 Å². The second kappa shape index (κ2) is 5.24. The van der Waals surface area contributed by atoms with Crippen LogP contribution in [0.2, 0.25) is 0 Å². The molecule has 0 aliphatic carbocycles. The van der Waals surface area contributed by atoms with Crippen LogP contribution >= 0.6 is 0 Å². The third-order valence-corrected chi connectivity index (χ3v) is 4.54. The van der Waals surface area contributed by atoms with Crippen molar-refractivity contribution in [2.75, 3.05) is 0 Å². The van der Waals surface area contributed by atoms with Crippen LogP contribution in [0.4, 0.5) is 0 Å². The number of nitrogens with one attached hydrogen (secondary N) is 1. The van der Waals surface area contributed by atoms with E-state index >= 15 is 0 Å². The number of piperazine rings is 1. The maximum Gasteiger partial charge on any atom is 0.211 e. The second-order valence-corrected chi connectivity index (χ2v) is 5.53. The molecule has 1 aromatic rings. The van der Waals surface area contributed by atoms with Gasteiger partial charge in [-0.2, -0.15) is 0 Å². The number of hydrogen-bond acceptors (Lipinski definition) is 2. The van der Waals surface area contributed by atoms with Crippen molar-refractivity contribution >= 4 is 5.91 Å². The van der Waals surface area contributed by atoms with Crippen LogP contribution in [0.25, 0.3) is 0 Å². The maximum atomic E-state index is 12.4. The summed E-state index contributed by atoms with van der Waals surface area (Å²) >= 11 is 0. The van der Waals surface area contributed by atoms with Gasteiger partial charge in [0.15, 0.2) is 0 Å². The number of carbonyl (C=O) groups is 1. The van der Waals surface area contributed by atoms with Crippen LogP contribution in [0, 0.1) is 37.7 Å². The zero-order valence-electron chi connectivity index (χ0n) is 10.8. The molecule has 2 saturated heterocycles. The van der Waals surface area contributed by atoms with Gasteiger partial charge in [-0.05, 0) is 24.8 Å². The van der Waals surface area contributed by atoms with Gasteiger partial charge in [0.2, 0.25) is 5.91 Å². The van der Waals surface area contributed by atoms with Crippen molar-refractivity contribution in [2.45, 2.75) is 43.8 Å². The molecule has 0 spiro atoms. The van der Waals surface area contributed by atoms with E-state index in [0.717, 1.165) is 12.8 Å². The van der Waals surface area contributed by atoms with Crippen LogP contribution < -0.4 is 5.32 Å². The van der Waals surface area contributed by atoms with Crippen molar-refractivity contribution in [1.82, 2.24) is 10.2 Å². The fraction of sp³-hybridized carbons (Fsp3) is 0.467. The van der Waals surface area contributed by atoms with Crippen molar-refractivity contribution in [3.8, 4) is 0 Å². The van der Waals surface area contributed by atoms with Crippen LogP contribution in [-0.4, -0.2) is 22.9 Å². The fourth-order valence-electron chi connectivity index (χ4n) is 3.70. The van der Waals surface area contributed by atoms with Crippen molar-refractivity contribution in [3.05, 3.63) is 41.9 Å². The molecule has 4 rings (SSSR count). The van der Waals surface area contributed by atoms with Gasteiger partial charge in [-0.15, -0.1) is 6.42 Å². The number of fused-ring (bicyclic) bond motifs is 6. The van der Waals surface area contributed by atoms with Crippen molar-refractivity contribution in [1.29, 1.82) is 0 Å². The SMILES string of the molecule is O=C1[C@@H]2CCCC(N2)[C@H]2c3ccccc3C[CH-]N12.[U]. The van der Waals surface area contributed by atoms with E-state index in [9.17, 15) is 4.79 Å². The minimum Gasteiger partial charge on any atom is -0.484 e. The number of piperidine rings is 1. The fourth-order valence-corrected chi connectivity index (χ4v) is 3.70. The molecule has 3 heterocycles. The molecule has 3 aliphatic rings. The topological polar surface area (TPSA) is 32.3 Å². The molecule has 3 aliphatic heterocycles. The average molecular weight is 479 g/mol. The number of carbonyl (C=O) groups excluding carboxylic acids is 1. The van der Waals surface area contributed by atoms with Crippen molar-refractivity contribution in [3.63, 3.8) is 0 Å². The third-order valence-electron chi connectivity index (χ3n) is 4.54. The Bertz CT molecular complexity index is 505.